The minimum absolute atomic E-state index is 0.158. The van der Waals surface area contributed by atoms with Crippen LogP contribution in [-0.2, 0) is 13.0 Å². The van der Waals surface area contributed by atoms with Crippen LogP contribution in [0.4, 0.5) is 0 Å². The van der Waals surface area contributed by atoms with Gasteiger partial charge in [-0.15, -0.1) is 5.10 Å². The fraction of sp³-hybridized carbons (Fsp3) is 0.222. The highest BCUT2D eigenvalue weighted by Crippen LogP contribution is 2.27. The van der Waals surface area contributed by atoms with Crippen molar-refractivity contribution < 1.29 is 9.84 Å². The molecule has 118 valence electrons. The molecule has 0 radical (unpaired) electrons. The lowest BCUT2D eigenvalue weighted by Gasteiger charge is -2.09. The number of aryl methyl sites for hydroxylation is 1. The molecule has 0 aliphatic rings. The standard InChI is InChI=1S/C18H19N3O2/c1-3-13-4-8-15(9-5-13)21-18(17(12-22)19-20-21)14-6-10-16(23-2)11-7-14/h4-11,22H,3,12H2,1-2H3. The summed E-state index contributed by atoms with van der Waals surface area (Å²) in [6, 6.07) is 15.8. The van der Waals surface area contributed by atoms with Gasteiger partial charge in [0.2, 0.25) is 0 Å². The fourth-order valence-electron chi connectivity index (χ4n) is 2.51. The summed E-state index contributed by atoms with van der Waals surface area (Å²) in [4.78, 5) is 0. The lowest BCUT2D eigenvalue weighted by molar-refractivity contribution is 0.277. The first kappa shape index (κ1) is 15.2. The van der Waals surface area contributed by atoms with Gasteiger partial charge < -0.3 is 9.84 Å². The summed E-state index contributed by atoms with van der Waals surface area (Å²) < 4.78 is 6.95. The Kier molecular flexibility index (Phi) is 4.39. The predicted octanol–water partition coefficient (Wildman–Crippen LogP) is 3.00. The van der Waals surface area contributed by atoms with E-state index in [0.29, 0.717) is 5.69 Å². The molecule has 1 heterocycles. The van der Waals surface area contributed by atoms with Gasteiger partial charge in [0.05, 0.1) is 19.4 Å². The molecule has 0 atom stereocenters. The molecule has 23 heavy (non-hydrogen) atoms. The number of nitrogens with zero attached hydrogens (tertiary/aromatic N) is 3. The van der Waals surface area contributed by atoms with E-state index in [9.17, 15) is 5.11 Å². The van der Waals surface area contributed by atoms with Crippen molar-refractivity contribution in [2.75, 3.05) is 7.11 Å². The molecular weight excluding hydrogens is 290 g/mol. The Labute approximate surface area is 135 Å². The number of aromatic nitrogens is 3. The maximum Gasteiger partial charge on any atom is 0.118 e. The van der Waals surface area contributed by atoms with Crippen molar-refractivity contribution in [1.29, 1.82) is 0 Å². The van der Waals surface area contributed by atoms with Gasteiger partial charge in [0.1, 0.15) is 17.1 Å². The predicted molar refractivity (Wildman–Crippen MR) is 88.6 cm³/mol. The first-order valence-electron chi connectivity index (χ1n) is 7.56. The molecule has 5 heteroatoms. The molecule has 0 aliphatic heterocycles. The van der Waals surface area contributed by atoms with Crippen LogP contribution in [0.15, 0.2) is 48.5 Å². The van der Waals surface area contributed by atoms with Gasteiger partial charge in [0.15, 0.2) is 0 Å². The molecule has 0 spiro atoms. The highest BCUT2D eigenvalue weighted by Gasteiger charge is 2.15. The Morgan fingerprint density at radius 1 is 1.04 bits per heavy atom. The molecule has 5 nitrogen and oxygen atoms in total. The second-order valence-electron chi connectivity index (χ2n) is 5.20. The lowest BCUT2D eigenvalue weighted by Crippen LogP contribution is -2.00. The van der Waals surface area contributed by atoms with Crippen molar-refractivity contribution in [2.24, 2.45) is 0 Å². The minimum Gasteiger partial charge on any atom is -0.497 e. The van der Waals surface area contributed by atoms with Gasteiger partial charge in [-0.25, -0.2) is 4.68 Å². The van der Waals surface area contributed by atoms with Crippen molar-refractivity contribution in [3.05, 3.63) is 59.8 Å². The summed E-state index contributed by atoms with van der Waals surface area (Å²) in [6.45, 7) is 1.96. The maximum absolute atomic E-state index is 9.58. The lowest BCUT2D eigenvalue weighted by atomic mass is 10.1. The molecule has 0 unspecified atom stereocenters. The van der Waals surface area contributed by atoms with E-state index in [-0.39, 0.29) is 6.61 Å². The Bertz CT molecular complexity index is 777. The molecule has 0 saturated heterocycles. The van der Waals surface area contributed by atoms with E-state index in [4.69, 9.17) is 4.74 Å². The highest BCUT2D eigenvalue weighted by atomic mass is 16.5. The van der Waals surface area contributed by atoms with E-state index < -0.39 is 0 Å². The number of hydrogen-bond donors (Lipinski definition) is 1. The number of hydrogen-bond acceptors (Lipinski definition) is 4. The molecule has 1 aromatic heterocycles. The average molecular weight is 309 g/mol. The molecule has 1 N–H and O–H groups in total. The molecule has 0 saturated carbocycles. The Morgan fingerprint density at radius 3 is 2.30 bits per heavy atom. The maximum atomic E-state index is 9.58. The smallest absolute Gasteiger partial charge is 0.118 e. The van der Waals surface area contributed by atoms with E-state index in [1.54, 1.807) is 11.8 Å². The zero-order valence-corrected chi connectivity index (χ0v) is 13.2. The zero-order chi connectivity index (χ0) is 16.2. The van der Waals surface area contributed by atoms with E-state index in [0.717, 1.165) is 29.1 Å². The topological polar surface area (TPSA) is 60.2 Å². The van der Waals surface area contributed by atoms with Crippen LogP contribution in [-0.4, -0.2) is 27.2 Å². The SMILES string of the molecule is CCc1ccc(-n2nnc(CO)c2-c2ccc(OC)cc2)cc1. The number of methoxy groups -OCH3 is 1. The van der Waals surface area contributed by atoms with Gasteiger partial charge in [-0.1, -0.05) is 24.3 Å². The number of benzene rings is 2. The first-order valence-corrected chi connectivity index (χ1v) is 7.56. The van der Waals surface area contributed by atoms with Crippen LogP contribution < -0.4 is 4.74 Å². The molecule has 0 aliphatic carbocycles. The molecule has 0 bridgehead atoms. The summed E-state index contributed by atoms with van der Waals surface area (Å²) in [6.07, 6.45) is 0.991. The Hall–Kier alpha value is -2.66. The molecule has 3 rings (SSSR count). The number of rotatable bonds is 5. The largest absolute Gasteiger partial charge is 0.497 e. The van der Waals surface area contributed by atoms with Gasteiger partial charge >= 0.3 is 0 Å². The number of aliphatic hydroxyl groups excluding tert-OH is 1. The highest BCUT2D eigenvalue weighted by molar-refractivity contribution is 5.65. The van der Waals surface area contributed by atoms with Gasteiger partial charge in [-0.2, -0.15) is 0 Å². The van der Waals surface area contributed by atoms with E-state index in [1.807, 2.05) is 36.4 Å². The molecule has 3 aromatic rings. The van der Waals surface area contributed by atoms with Crippen LogP contribution in [0.3, 0.4) is 0 Å². The third-order valence-electron chi connectivity index (χ3n) is 3.84. The third-order valence-corrected chi connectivity index (χ3v) is 3.84. The fourth-order valence-corrected chi connectivity index (χ4v) is 2.51. The van der Waals surface area contributed by atoms with E-state index >= 15 is 0 Å². The summed E-state index contributed by atoms with van der Waals surface area (Å²) in [5, 5.41) is 17.9. The van der Waals surface area contributed by atoms with Crippen LogP contribution in [0.5, 0.6) is 5.75 Å². The van der Waals surface area contributed by atoms with Crippen molar-refractivity contribution in [1.82, 2.24) is 15.0 Å². The normalized spacial score (nSPS) is 10.7. The van der Waals surface area contributed by atoms with Crippen LogP contribution >= 0.6 is 0 Å². The zero-order valence-electron chi connectivity index (χ0n) is 13.2. The first-order chi connectivity index (χ1) is 11.3. The van der Waals surface area contributed by atoms with Crippen LogP contribution in [0.25, 0.3) is 16.9 Å². The van der Waals surface area contributed by atoms with Crippen molar-refractivity contribution in [3.8, 4) is 22.7 Å². The van der Waals surface area contributed by atoms with Crippen LogP contribution in [0.2, 0.25) is 0 Å². The van der Waals surface area contributed by atoms with Gasteiger partial charge in [0.25, 0.3) is 0 Å². The Balaban J connectivity index is 2.08. The van der Waals surface area contributed by atoms with Crippen molar-refractivity contribution >= 4 is 0 Å². The van der Waals surface area contributed by atoms with Crippen LogP contribution in [0.1, 0.15) is 18.2 Å². The average Bonchev–Trinajstić information content (AvgIpc) is 3.06. The minimum atomic E-state index is -0.158. The van der Waals surface area contributed by atoms with Gasteiger partial charge in [-0.3, -0.25) is 0 Å². The van der Waals surface area contributed by atoms with Crippen molar-refractivity contribution in [3.63, 3.8) is 0 Å². The van der Waals surface area contributed by atoms with Gasteiger partial charge in [-0.05, 0) is 48.4 Å². The molecule has 0 amide bonds. The van der Waals surface area contributed by atoms with E-state index in [2.05, 4.69) is 29.4 Å². The molecular formula is C18H19N3O2. The Morgan fingerprint density at radius 2 is 1.74 bits per heavy atom. The molecule has 0 fully saturated rings. The molecule has 2 aromatic carbocycles. The summed E-state index contributed by atoms with van der Waals surface area (Å²) in [7, 11) is 1.63. The third kappa shape index (κ3) is 2.96. The van der Waals surface area contributed by atoms with Crippen molar-refractivity contribution in [2.45, 2.75) is 20.0 Å². The summed E-state index contributed by atoms with van der Waals surface area (Å²) >= 11 is 0. The van der Waals surface area contributed by atoms with E-state index in [1.165, 1.54) is 5.56 Å². The summed E-state index contributed by atoms with van der Waals surface area (Å²) in [5.41, 5.74) is 4.45. The number of aliphatic hydroxyl groups is 1. The van der Waals surface area contributed by atoms with Gasteiger partial charge in [0, 0.05) is 5.56 Å². The second-order valence-corrected chi connectivity index (χ2v) is 5.20. The quantitative estimate of drug-likeness (QED) is 0.787. The summed E-state index contributed by atoms with van der Waals surface area (Å²) in [5.74, 6) is 0.783. The number of ether oxygens (including phenoxy) is 1. The van der Waals surface area contributed by atoms with Crippen LogP contribution in [0, 0.1) is 0 Å². The second kappa shape index (κ2) is 6.62. The monoisotopic (exact) mass is 309 g/mol.